The van der Waals surface area contributed by atoms with Crippen molar-refractivity contribution in [2.45, 2.75) is 12.2 Å². The predicted molar refractivity (Wildman–Crippen MR) is 366 cm³/mol. The summed E-state index contributed by atoms with van der Waals surface area (Å²) in [4.78, 5) is 8.70. The van der Waals surface area contributed by atoms with E-state index in [4.69, 9.17) is 123 Å². The number of para-hydroxylation sites is 2. The Labute approximate surface area is 590 Å². The van der Waals surface area contributed by atoms with Crippen LogP contribution in [-0.2, 0) is 114 Å². The maximum atomic E-state index is 10.2. The normalized spacial score (nSPS) is 12.4. The third-order valence-electron chi connectivity index (χ3n) is 13.2. The summed E-state index contributed by atoms with van der Waals surface area (Å²) in [5.41, 5.74) is 1.52. The summed E-state index contributed by atoms with van der Waals surface area (Å²) in [5.74, 6) is 1.26. The van der Waals surface area contributed by atoms with E-state index < -0.39 is 12.2 Å². The van der Waals surface area contributed by atoms with E-state index in [0.717, 1.165) is 21.8 Å². The van der Waals surface area contributed by atoms with Gasteiger partial charge in [-0.15, -0.1) is 0 Å². The molecule has 30 heteroatoms. The molecular formula is C70H116N2O28. The number of aliphatic hydroxyl groups is 2. The molecule has 574 valence electrons. The molecule has 0 spiro atoms. The van der Waals surface area contributed by atoms with Crippen LogP contribution < -0.4 is 9.47 Å². The largest absolute Gasteiger partial charge is 0.489 e. The number of ether oxygens (including phenoxy) is 26. The SMILES string of the molecule is OC(COCCOCCOCCOCCOCCOCCOCCOCCOCCOCCOCCOCCOCCOCCOCCOCCOCCOCCOCCOCCOCCOCCOCCOCC(O)COc1cccc2cccnc12)COc1cccc2cccnc12. The number of aromatic nitrogens is 2. The third kappa shape index (κ3) is 53.6. The molecule has 2 aromatic heterocycles. The third-order valence-corrected chi connectivity index (χ3v) is 13.2. The average molecular weight is 1430 g/mol. The zero-order chi connectivity index (χ0) is 70.3. The van der Waals surface area contributed by atoms with Crippen LogP contribution in [0.5, 0.6) is 11.5 Å². The number of nitrogens with zero attached hydrogens (tertiary/aromatic N) is 2. The van der Waals surface area contributed by atoms with Gasteiger partial charge in [0.1, 0.15) is 48.0 Å². The second kappa shape index (κ2) is 69.2. The Morgan fingerprint density at radius 3 is 0.540 bits per heavy atom. The number of benzene rings is 2. The van der Waals surface area contributed by atoms with Gasteiger partial charge in [-0.05, 0) is 24.3 Å². The number of hydrogen-bond donors (Lipinski definition) is 2. The first-order valence-electron chi connectivity index (χ1n) is 34.9. The molecule has 100 heavy (non-hydrogen) atoms. The molecule has 0 aliphatic rings. The maximum absolute atomic E-state index is 10.2. The van der Waals surface area contributed by atoms with Crippen LogP contribution in [0.4, 0.5) is 0 Å². The lowest BCUT2D eigenvalue weighted by Gasteiger charge is -2.14. The monoisotopic (exact) mass is 1430 g/mol. The zero-order valence-electron chi connectivity index (χ0n) is 58.8. The second-order valence-electron chi connectivity index (χ2n) is 21.2. The lowest BCUT2D eigenvalue weighted by Crippen LogP contribution is -2.24. The predicted octanol–water partition coefficient (Wildman–Crippen LogP) is 3.36. The summed E-state index contributed by atoms with van der Waals surface area (Å²) < 4.78 is 144. The van der Waals surface area contributed by atoms with E-state index in [1.165, 1.54) is 0 Å². The van der Waals surface area contributed by atoms with Gasteiger partial charge in [0.25, 0.3) is 0 Å². The average Bonchev–Trinajstić information content (AvgIpc) is 0.850. The van der Waals surface area contributed by atoms with Gasteiger partial charge in [-0.2, -0.15) is 0 Å². The summed E-state index contributed by atoms with van der Waals surface area (Å²) in [6.45, 7) is 21.8. The van der Waals surface area contributed by atoms with Gasteiger partial charge in [0, 0.05) is 23.2 Å². The van der Waals surface area contributed by atoms with Crippen molar-refractivity contribution in [2.75, 3.05) is 330 Å². The van der Waals surface area contributed by atoms with Crippen molar-refractivity contribution >= 4 is 21.8 Å². The number of aliphatic hydroxyl groups excluding tert-OH is 2. The standard InChI is InChI=1S/C70H116N2O28/c73-65(61-99-67-9-1-5-63-7-3-11-71-69(63)67)59-97-57-55-95-53-51-93-49-47-91-45-43-89-41-39-87-37-35-85-33-31-83-29-27-81-25-23-79-21-19-77-17-15-75-13-14-76-16-18-78-20-22-80-24-26-82-28-30-84-32-34-86-36-38-88-40-42-90-44-46-92-48-50-94-52-54-96-56-58-98-60-66(74)62-100-68-10-2-6-64-8-4-12-72-70(64)68/h1-12,65-66,73-74H,13-62H2. The van der Waals surface area contributed by atoms with Gasteiger partial charge >= 0.3 is 0 Å². The van der Waals surface area contributed by atoms with Crippen LogP contribution in [0.3, 0.4) is 0 Å². The first kappa shape index (κ1) is 88.2. The number of pyridine rings is 2. The minimum Gasteiger partial charge on any atom is -0.489 e. The molecule has 0 aliphatic carbocycles. The van der Waals surface area contributed by atoms with Crippen molar-refractivity contribution < 1.29 is 133 Å². The summed E-state index contributed by atoms with van der Waals surface area (Å²) in [6.07, 6.45) is 1.90. The van der Waals surface area contributed by atoms with Crippen molar-refractivity contribution in [3.05, 3.63) is 73.1 Å². The van der Waals surface area contributed by atoms with E-state index in [0.29, 0.717) is 315 Å². The number of rotatable bonds is 79. The summed E-state index contributed by atoms with van der Waals surface area (Å²) in [7, 11) is 0. The maximum Gasteiger partial charge on any atom is 0.145 e. The van der Waals surface area contributed by atoms with Crippen molar-refractivity contribution in [3.8, 4) is 11.5 Å². The molecule has 4 aromatic rings. The van der Waals surface area contributed by atoms with Crippen molar-refractivity contribution in [1.29, 1.82) is 0 Å². The number of hydrogen-bond acceptors (Lipinski definition) is 30. The van der Waals surface area contributed by atoms with E-state index in [1.54, 1.807) is 12.4 Å². The molecule has 2 N–H and O–H groups in total. The highest BCUT2D eigenvalue weighted by molar-refractivity contribution is 5.84. The molecule has 0 saturated heterocycles. The van der Waals surface area contributed by atoms with Gasteiger partial charge in [0.05, 0.1) is 317 Å². The van der Waals surface area contributed by atoms with Crippen LogP contribution in [0.15, 0.2) is 73.1 Å². The molecule has 0 bridgehead atoms. The van der Waals surface area contributed by atoms with Crippen molar-refractivity contribution in [3.63, 3.8) is 0 Å². The van der Waals surface area contributed by atoms with Crippen molar-refractivity contribution in [1.82, 2.24) is 9.97 Å². The molecule has 2 aromatic carbocycles. The number of fused-ring (bicyclic) bond motifs is 2. The molecule has 2 heterocycles. The Balaban J connectivity index is 0.689. The molecule has 2 unspecified atom stereocenters. The molecule has 0 radical (unpaired) electrons. The quantitative estimate of drug-likeness (QED) is 0.0599. The van der Waals surface area contributed by atoms with E-state index in [-0.39, 0.29) is 26.4 Å². The van der Waals surface area contributed by atoms with Crippen LogP contribution in [-0.4, -0.2) is 363 Å². The summed E-state index contributed by atoms with van der Waals surface area (Å²) >= 11 is 0. The Bertz CT molecular complexity index is 2190. The zero-order valence-corrected chi connectivity index (χ0v) is 58.8. The Morgan fingerprint density at radius 2 is 0.360 bits per heavy atom. The molecular weight excluding hydrogens is 1320 g/mol. The van der Waals surface area contributed by atoms with Crippen LogP contribution in [0.2, 0.25) is 0 Å². The van der Waals surface area contributed by atoms with Gasteiger partial charge in [-0.25, -0.2) is 0 Å². The minimum atomic E-state index is -0.766. The van der Waals surface area contributed by atoms with Gasteiger partial charge in [-0.1, -0.05) is 36.4 Å². The van der Waals surface area contributed by atoms with Crippen LogP contribution in [0.1, 0.15) is 0 Å². The van der Waals surface area contributed by atoms with E-state index in [9.17, 15) is 10.2 Å². The fraction of sp³-hybridized carbons (Fsp3) is 0.743. The van der Waals surface area contributed by atoms with Crippen LogP contribution in [0, 0.1) is 0 Å². The molecule has 0 saturated carbocycles. The van der Waals surface area contributed by atoms with Crippen molar-refractivity contribution in [2.24, 2.45) is 0 Å². The van der Waals surface area contributed by atoms with Gasteiger partial charge in [0.15, 0.2) is 0 Å². The molecule has 0 aliphatic heterocycles. The molecule has 30 nitrogen and oxygen atoms in total. The minimum absolute atomic E-state index is 0.107. The highest BCUT2D eigenvalue weighted by Crippen LogP contribution is 2.24. The topological polar surface area (TPSA) is 306 Å². The second-order valence-corrected chi connectivity index (χ2v) is 21.2. The first-order chi connectivity index (χ1) is 49.7. The molecule has 0 fully saturated rings. The van der Waals surface area contributed by atoms with Crippen LogP contribution >= 0.6 is 0 Å². The smallest absolute Gasteiger partial charge is 0.145 e. The fourth-order valence-corrected chi connectivity index (χ4v) is 8.25. The fourth-order valence-electron chi connectivity index (χ4n) is 8.25. The summed E-state index contributed by atoms with van der Waals surface area (Å²) in [5, 5.41) is 22.3. The Morgan fingerprint density at radius 1 is 0.200 bits per heavy atom. The summed E-state index contributed by atoms with van der Waals surface area (Å²) in [6, 6.07) is 19.1. The van der Waals surface area contributed by atoms with Gasteiger partial charge in [0.2, 0.25) is 0 Å². The van der Waals surface area contributed by atoms with Gasteiger partial charge < -0.3 is 133 Å². The Kier molecular flexibility index (Phi) is 61.1. The first-order valence-corrected chi connectivity index (χ1v) is 34.9. The highest BCUT2D eigenvalue weighted by Gasteiger charge is 2.11. The highest BCUT2D eigenvalue weighted by atomic mass is 16.6. The molecule has 2 atom stereocenters. The van der Waals surface area contributed by atoms with E-state index in [2.05, 4.69) is 9.97 Å². The molecule has 0 amide bonds. The lowest BCUT2D eigenvalue weighted by atomic mass is 10.2. The van der Waals surface area contributed by atoms with E-state index in [1.807, 2.05) is 60.7 Å². The lowest BCUT2D eigenvalue weighted by molar-refractivity contribution is -0.0331. The Hall–Kier alpha value is -4.18. The van der Waals surface area contributed by atoms with Crippen LogP contribution in [0.25, 0.3) is 21.8 Å². The van der Waals surface area contributed by atoms with Gasteiger partial charge in [-0.3, -0.25) is 9.97 Å². The van der Waals surface area contributed by atoms with E-state index >= 15 is 0 Å². The molecule has 4 rings (SSSR count).